The lowest BCUT2D eigenvalue weighted by molar-refractivity contribution is -0.122. The highest BCUT2D eigenvalue weighted by molar-refractivity contribution is 7.98. The van der Waals surface area contributed by atoms with E-state index in [9.17, 15) is 9.90 Å². The van der Waals surface area contributed by atoms with Gasteiger partial charge < -0.3 is 16.2 Å². The number of thiophene rings is 1. The number of aliphatic hydroxyl groups excluding tert-OH is 1. The van der Waals surface area contributed by atoms with Crippen LogP contribution in [0.25, 0.3) is 0 Å². The molecular formula is C11H19ClN2O2S2. The third-order valence-electron chi connectivity index (χ3n) is 2.37. The summed E-state index contributed by atoms with van der Waals surface area (Å²) in [7, 11) is 0. The first-order valence-electron chi connectivity index (χ1n) is 5.37. The number of nitrogens with two attached hydrogens (primary N) is 1. The van der Waals surface area contributed by atoms with Crippen LogP contribution in [0.3, 0.4) is 0 Å². The molecule has 1 rings (SSSR count). The van der Waals surface area contributed by atoms with Crippen LogP contribution in [0.5, 0.6) is 0 Å². The number of thioether (sulfide) groups is 1. The van der Waals surface area contributed by atoms with Crippen molar-refractivity contribution in [2.24, 2.45) is 5.73 Å². The predicted molar refractivity (Wildman–Crippen MR) is 80.5 cm³/mol. The van der Waals surface area contributed by atoms with E-state index in [0.29, 0.717) is 6.42 Å². The summed E-state index contributed by atoms with van der Waals surface area (Å²) in [6.07, 6.45) is 1.98. The first-order valence-corrected chi connectivity index (χ1v) is 7.71. The first kappa shape index (κ1) is 17.7. The van der Waals surface area contributed by atoms with E-state index in [1.54, 1.807) is 11.8 Å². The van der Waals surface area contributed by atoms with Crippen LogP contribution in [0.15, 0.2) is 16.8 Å². The van der Waals surface area contributed by atoms with Crippen LogP contribution in [0.4, 0.5) is 0 Å². The van der Waals surface area contributed by atoms with Gasteiger partial charge in [-0.25, -0.2) is 0 Å². The third kappa shape index (κ3) is 6.06. The molecule has 2 atom stereocenters. The number of hydrogen-bond acceptors (Lipinski definition) is 5. The van der Waals surface area contributed by atoms with E-state index in [2.05, 4.69) is 5.32 Å². The van der Waals surface area contributed by atoms with E-state index >= 15 is 0 Å². The monoisotopic (exact) mass is 310 g/mol. The topological polar surface area (TPSA) is 75.4 Å². The van der Waals surface area contributed by atoms with Crippen molar-refractivity contribution in [2.45, 2.75) is 18.6 Å². The van der Waals surface area contributed by atoms with Crippen molar-refractivity contribution in [3.63, 3.8) is 0 Å². The molecule has 0 saturated carbocycles. The molecule has 1 aromatic rings. The standard InChI is InChI=1S/C11H18N2O2S2.ClH/c1-16-4-3-9(12)11(15)13-6-10(14)8-2-5-17-7-8;/h2,5,7,9-10,14H,3-4,6,12H2,1H3,(H,13,15);1H/t9-,10?;/m0./s1. The summed E-state index contributed by atoms with van der Waals surface area (Å²) in [4.78, 5) is 11.6. The van der Waals surface area contributed by atoms with Crippen LogP contribution in [-0.2, 0) is 4.79 Å². The Bertz CT molecular complexity index is 336. The minimum atomic E-state index is -0.655. The summed E-state index contributed by atoms with van der Waals surface area (Å²) in [5.74, 6) is 0.662. The van der Waals surface area contributed by atoms with Crippen LogP contribution in [0.2, 0.25) is 0 Å². The molecule has 0 radical (unpaired) electrons. The van der Waals surface area contributed by atoms with Crippen LogP contribution in [0, 0.1) is 0 Å². The smallest absolute Gasteiger partial charge is 0.237 e. The predicted octanol–water partition coefficient (Wildman–Crippen LogP) is 1.40. The van der Waals surface area contributed by atoms with Gasteiger partial charge in [-0.1, -0.05) is 0 Å². The second-order valence-corrected chi connectivity index (χ2v) is 5.47. The van der Waals surface area contributed by atoms with Crippen molar-refractivity contribution in [2.75, 3.05) is 18.6 Å². The molecule has 0 saturated heterocycles. The van der Waals surface area contributed by atoms with Gasteiger partial charge in [0.2, 0.25) is 5.91 Å². The van der Waals surface area contributed by atoms with Crippen molar-refractivity contribution in [1.82, 2.24) is 5.32 Å². The Balaban J connectivity index is 0.00000289. The molecule has 1 amide bonds. The van der Waals surface area contributed by atoms with Gasteiger partial charge in [-0.15, -0.1) is 12.4 Å². The molecule has 104 valence electrons. The molecule has 18 heavy (non-hydrogen) atoms. The zero-order chi connectivity index (χ0) is 12.7. The van der Waals surface area contributed by atoms with Crippen LogP contribution in [0.1, 0.15) is 18.1 Å². The summed E-state index contributed by atoms with van der Waals surface area (Å²) in [6.45, 7) is 0.211. The Kier molecular flexibility index (Phi) is 9.49. The number of rotatable bonds is 7. The Hall–Kier alpha value is -0.270. The Morgan fingerprint density at radius 3 is 2.94 bits per heavy atom. The lowest BCUT2D eigenvalue weighted by atomic mass is 10.2. The number of aliphatic hydroxyl groups is 1. The van der Waals surface area contributed by atoms with E-state index in [1.165, 1.54) is 11.3 Å². The second kappa shape index (κ2) is 9.63. The van der Waals surface area contributed by atoms with Crippen molar-refractivity contribution >= 4 is 41.4 Å². The highest BCUT2D eigenvalue weighted by Gasteiger charge is 2.15. The Morgan fingerprint density at radius 1 is 1.67 bits per heavy atom. The van der Waals surface area contributed by atoms with Gasteiger partial charge in [0, 0.05) is 6.54 Å². The fourth-order valence-electron chi connectivity index (χ4n) is 1.29. The minimum absolute atomic E-state index is 0. The first-order chi connectivity index (χ1) is 8.15. The molecule has 0 aliphatic heterocycles. The zero-order valence-electron chi connectivity index (χ0n) is 10.2. The Labute approximate surface area is 122 Å². The molecule has 0 bridgehead atoms. The van der Waals surface area contributed by atoms with Gasteiger partial charge >= 0.3 is 0 Å². The average molecular weight is 311 g/mol. The zero-order valence-corrected chi connectivity index (χ0v) is 12.6. The van der Waals surface area contributed by atoms with Gasteiger partial charge in [0.05, 0.1) is 12.1 Å². The van der Waals surface area contributed by atoms with Crippen molar-refractivity contribution in [3.05, 3.63) is 22.4 Å². The summed E-state index contributed by atoms with van der Waals surface area (Å²) in [5, 5.41) is 16.2. The summed E-state index contributed by atoms with van der Waals surface area (Å²) >= 11 is 3.18. The van der Waals surface area contributed by atoms with Crippen LogP contribution >= 0.6 is 35.5 Å². The normalized spacial score (nSPS) is 13.5. The number of halogens is 1. The lowest BCUT2D eigenvalue weighted by Crippen LogP contribution is -2.42. The molecule has 1 heterocycles. The maximum atomic E-state index is 11.6. The molecule has 7 heteroatoms. The van der Waals surface area contributed by atoms with Gasteiger partial charge in [0.15, 0.2) is 0 Å². The van der Waals surface area contributed by atoms with Crippen LogP contribution in [-0.4, -0.2) is 35.6 Å². The number of carbonyl (C=O) groups excluding carboxylic acids is 1. The SMILES string of the molecule is CSCC[C@H](N)C(=O)NCC(O)c1ccsc1.Cl. The van der Waals surface area contributed by atoms with E-state index < -0.39 is 12.1 Å². The number of nitrogens with one attached hydrogen (secondary N) is 1. The molecular weight excluding hydrogens is 292 g/mol. The molecule has 4 nitrogen and oxygen atoms in total. The highest BCUT2D eigenvalue weighted by Crippen LogP contribution is 2.15. The highest BCUT2D eigenvalue weighted by atomic mass is 35.5. The van der Waals surface area contributed by atoms with Crippen molar-refractivity contribution < 1.29 is 9.90 Å². The molecule has 0 aromatic carbocycles. The second-order valence-electron chi connectivity index (χ2n) is 3.71. The van der Waals surface area contributed by atoms with Crippen molar-refractivity contribution in [3.8, 4) is 0 Å². The maximum Gasteiger partial charge on any atom is 0.237 e. The van der Waals surface area contributed by atoms with Gasteiger partial charge in [0.1, 0.15) is 0 Å². The minimum Gasteiger partial charge on any atom is -0.387 e. The molecule has 1 aromatic heterocycles. The number of amides is 1. The maximum absolute atomic E-state index is 11.6. The van der Waals surface area contributed by atoms with E-state index in [1.807, 2.05) is 23.1 Å². The molecule has 0 aliphatic rings. The van der Waals surface area contributed by atoms with Gasteiger partial charge in [-0.3, -0.25) is 4.79 Å². The average Bonchev–Trinajstić information content (AvgIpc) is 2.86. The fourth-order valence-corrected chi connectivity index (χ4v) is 2.48. The molecule has 0 aliphatic carbocycles. The van der Waals surface area contributed by atoms with Gasteiger partial charge in [-0.05, 0) is 40.8 Å². The summed E-state index contributed by atoms with van der Waals surface area (Å²) in [6, 6.07) is 1.35. The largest absolute Gasteiger partial charge is 0.387 e. The molecule has 0 fully saturated rings. The Morgan fingerprint density at radius 2 is 2.39 bits per heavy atom. The van der Waals surface area contributed by atoms with E-state index in [4.69, 9.17) is 5.73 Å². The van der Waals surface area contributed by atoms with Crippen molar-refractivity contribution in [1.29, 1.82) is 0 Å². The number of carbonyl (C=O) groups is 1. The van der Waals surface area contributed by atoms with Gasteiger partial charge in [-0.2, -0.15) is 23.1 Å². The van der Waals surface area contributed by atoms with Crippen LogP contribution < -0.4 is 11.1 Å². The summed E-state index contributed by atoms with van der Waals surface area (Å²) in [5.41, 5.74) is 6.53. The van der Waals surface area contributed by atoms with Gasteiger partial charge in [0.25, 0.3) is 0 Å². The van der Waals surface area contributed by atoms with E-state index in [-0.39, 0.29) is 24.9 Å². The lowest BCUT2D eigenvalue weighted by Gasteiger charge is -2.14. The quantitative estimate of drug-likeness (QED) is 0.711. The third-order valence-corrected chi connectivity index (χ3v) is 3.71. The molecule has 0 spiro atoms. The molecule has 4 N–H and O–H groups in total. The summed E-state index contributed by atoms with van der Waals surface area (Å²) < 4.78 is 0. The number of hydrogen-bond donors (Lipinski definition) is 3. The fraction of sp³-hybridized carbons (Fsp3) is 0.545. The van der Waals surface area contributed by atoms with E-state index in [0.717, 1.165) is 11.3 Å². The molecule has 1 unspecified atom stereocenters.